The number of ketones is 1. The largest absolute Gasteiger partial charge is 0.439 e. The predicted molar refractivity (Wildman–Crippen MR) is 112 cm³/mol. The van der Waals surface area contributed by atoms with E-state index < -0.39 is 23.7 Å². The Morgan fingerprint density at radius 1 is 1.06 bits per heavy atom. The molecule has 32 heavy (non-hydrogen) atoms. The van der Waals surface area contributed by atoms with Crippen molar-refractivity contribution in [2.75, 3.05) is 0 Å². The predicted octanol–water partition coefficient (Wildman–Crippen LogP) is 2.67. The lowest BCUT2D eigenvalue weighted by molar-refractivity contribution is -0.213. The van der Waals surface area contributed by atoms with Gasteiger partial charge in [-0.05, 0) is 49.7 Å². The number of aromatic amines is 1. The molecule has 1 aromatic heterocycles. The molecule has 2 N–H and O–H groups in total. The average Bonchev–Trinajstić information content (AvgIpc) is 3.24. The molecule has 166 valence electrons. The minimum absolute atomic E-state index is 0.246. The lowest BCUT2D eigenvalue weighted by atomic mass is 10.0. The molecular formula is C22H21N3O7. The van der Waals surface area contributed by atoms with Crippen LogP contribution >= 0.6 is 0 Å². The van der Waals surface area contributed by atoms with Gasteiger partial charge in [-0.15, -0.1) is 0 Å². The van der Waals surface area contributed by atoms with E-state index in [4.69, 9.17) is 4.89 Å². The van der Waals surface area contributed by atoms with Gasteiger partial charge >= 0.3 is 11.7 Å². The number of Topliss-reactive ketones (excluding diaryl/α,β-unsaturated/α-hetero) is 1. The van der Waals surface area contributed by atoms with Crippen LogP contribution in [0.3, 0.4) is 0 Å². The Morgan fingerprint density at radius 2 is 1.72 bits per heavy atom. The number of rotatable bonds is 9. The van der Waals surface area contributed by atoms with Gasteiger partial charge < -0.3 is 5.32 Å². The zero-order chi connectivity index (χ0) is 23.1. The number of nitrogens with zero attached hydrogens (tertiary/aromatic N) is 1. The highest BCUT2D eigenvalue weighted by molar-refractivity contribution is 6.04. The van der Waals surface area contributed by atoms with E-state index in [0.29, 0.717) is 23.1 Å². The fourth-order valence-corrected chi connectivity index (χ4v) is 2.74. The number of H-pyrrole nitrogens is 1. The number of aromatic nitrogens is 2. The van der Waals surface area contributed by atoms with Crippen molar-refractivity contribution in [3.8, 4) is 17.1 Å². The fraction of sp³-hybridized carbons (Fsp3) is 0.227. The molecule has 0 radical (unpaired) electrons. The molecule has 0 aliphatic rings. The van der Waals surface area contributed by atoms with Gasteiger partial charge in [0.2, 0.25) is 0 Å². The molecular weight excluding hydrogens is 418 g/mol. The zero-order valence-corrected chi connectivity index (χ0v) is 17.4. The quantitative estimate of drug-likeness (QED) is 0.295. The molecule has 10 nitrogen and oxygen atoms in total. The highest BCUT2D eigenvalue weighted by Crippen LogP contribution is 2.16. The second kappa shape index (κ2) is 10.2. The first-order valence-electron chi connectivity index (χ1n) is 9.86. The molecule has 0 aliphatic carbocycles. The molecule has 1 heterocycles. The second-order valence-electron chi connectivity index (χ2n) is 6.89. The summed E-state index contributed by atoms with van der Waals surface area (Å²) in [4.78, 5) is 59.4. The molecule has 0 fully saturated rings. The van der Waals surface area contributed by atoms with Crippen LogP contribution in [0.15, 0.2) is 57.8 Å². The van der Waals surface area contributed by atoms with Crippen LogP contribution in [0.25, 0.3) is 11.4 Å². The van der Waals surface area contributed by atoms with E-state index in [1.807, 2.05) is 6.92 Å². The van der Waals surface area contributed by atoms with Gasteiger partial charge in [-0.25, -0.2) is 9.59 Å². The van der Waals surface area contributed by atoms with Crippen LogP contribution in [0.5, 0.6) is 5.75 Å². The first-order valence-corrected chi connectivity index (χ1v) is 9.86. The van der Waals surface area contributed by atoms with E-state index in [9.17, 15) is 19.2 Å². The van der Waals surface area contributed by atoms with E-state index in [1.165, 1.54) is 24.3 Å². The first kappa shape index (κ1) is 22.5. The normalized spacial score (nSPS) is 11.4. The molecule has 1 amide bonds. The Morgan fingerprint density at radius 3 is 2.31 bits per heavy atom. The Hall–Kier alpha value is -4.21. The zero-order valence-electron chi connectivity index (χ0n) is 17.4. The van der Waals surface area contributed by atoms with Gasteiger partial charge in [-0.2, -0.15) is 0 Å². The third kappa shape index (κ3) is 5.69. The SMILES string of the molecule is CCCC(=O)OOc1ccc(C(=O)C(C)NC(=O)c2ccc(-c3noc(=O)[nH]3)cc2)cc1. The van der Waals surface area contributed by atoms with Gasteiger partial charge in [0.15, 0.2) is 17.4 Å². The van der Waals surface area contributed by atoms with Crippen molar-refractivity contribution in [1.29, 1.82) is 0 Å². The van der Waals surface area contributed by atoms with E-state index in [0.717, 1.165) is 0 Å². The van der Waals surface area contributed by atoms with Crippen molar-refractivity contribution in [1.82, 2.24) is 15.5 Å². The second-order valence-corrected chi connectivity index (χ2v) is 6.89. The van der Waals surface area contributed by atoms with Crippen LogP contribution in [-0.4, -0.2) is 33.8 Å². The van der Waals surface area contributed by atoms with E-state index in [1.54, 1.807) is 31.2 Å². The van der Waals surface area contributed by atoms with Crippen LogP contribution in [0.2, 0.25) is 0 Å². The van der Waals surface area contributed by atoms with Crippen LogP contribution in [0.4, 0.5) is 0 Å². The highest BCUT2D eigenvalue weighted by atomic mass is 17.2. The number of carbonyl (C=O) groups is 3. The highest BCUT2D eigenvalue weighted by Gasteiger charge is 2.19. The van der Waals surface area contributed by atoms with Crippen LogP contribution < -0.4 is 16.0 Å². The molecule has 1 unspecified atom stereocenters. The van der Waals surface area contributed by atoms with Crippen molar-refractivity contribution in [2.45, 2.75) is 32.7 Å². The summed E-state index contributed by atoms with van der Waals surface area (Å²) in [5.41, 5.74) is 1.26. The number of amides is 1. The summed E-state index contributed by atoms with van der Waals surface area (Å²) in [6.45, 7) is 3.42. The average molecular weight is 439 g/mol. The van der Waals surface area contributed by atoms with E-state index >= 15 is 0 Å². The molecule has 0 saturated heterocycles. The van der Waals surface area contributed by atoms with Gasteiger partial charge in [0, 0.05) is 23.1 Å². The molecule has 2 aromatic carbocycles. The topological polar surface area (TPSA) is 141 Å². The fourth-order valence-electron chi connectivity index (χ4n) is 2.74. The van der Waals surface area contributed by atoms with Crippen molar-refractivity contribution in [3.05, 3.63) is 70.2 Å². The maximum absolute atomic E-state index is 12.6. The third-order valence-corrected chi connectivity index (χ3v) is 4.43. The number of benzene rings is 2. The molecule has 1 atom stereocenters. The summed E-state index contributed by atoms with van der Waals surface area (Å²) < 4.78 is 4.45. The molecule has 10 heteroatoms. The van der Waals surface area contributed by atoms with Crippen molar-refractivity contribution < 1.29 is 28.7 Å². The van der Waals surface area contributed by atoms with Gasteiger partial charge in [0.05, 0.1) is 6.04 Å². The summed E-state index contributed by atoms with van der Waals surface area (Å²) in [5.74, 6) is -1.37. The smallest absolute Gasteiger partial charge is 0.342 e. The monoisotopic (exact) mass is 439 g/mol. The van der Waals surface area contributed by atoms with Crippen LogP contribution in [0.1, 0.15) is 47.4 Å². The lowest BCUT2D eigenvalue weighted by Gasteiger charge is -2.13. The maximum Gasteiger partial charge on any atom is 0.439 e. The molecule has 0 aliphatic heterocycles. The summed E-state index contributed by atoms with van der Waals surface area (Å²) >= 11 is 0. The summed E-state index contributed by atoms with van der Waals surface area (Å²) in [6, 6.07) is 11.5. The maximum atomic E-state index is 12.6. The van der Waals surface area contributed by atoms with Gasteiger partial charge in [0.1, 0.15) is 0 Å². The molecule has 3 aromatic rings. The van der Waals surface area contributed by atoms with Crippen molar-refractivity contribution in [3.63, 3.8) is 0 Å². The number of nitrogens with one attached hydrogen (secondary N) is 2. The Bertz CT molecular complexity index is 1150. The number of carbonyl (C=O) groups excluding carboxylic acids is 3. The number of hydrogen-bond acceptors (Lipinski definition) is 8. The van der Waals surface area contributed by atoms with Crippen LogP contribution in [-0.2, 0) is 9.68 Å². The summed E-state index contributed by atoms with van der Waals surface area (Å²) in [5, 5.41) is 6.22. The van der Waals surface area contributed by atoms with Gasteiger partial charge in [-0.3, -0.25) is 28.9 Å². The van der Waals surface area contributed by atoms with E-state index in [2.05, 4.69) is 24.9 Å². The lowest BCUT2D eigenvalue weighted by Crippen LogP contribution is -2.38. The molecule has 3 rings (SSSR count). The number of hydrogen-bond donors (Lipinski definition) is 2. The van der Waals surface area contributed by atoms with Gasteiger partial charge in [0.25, 0.3) is 5.91 Å². The van der Waals surface area contributed by atoms with Gasteiger partial charge in [-0.1, -0.05) is 24.2 Å². The Balaban J connectivity index is 1.57. The van der Waals surface area contributed by atoms with Crippen LogP contribution in [0, 0.1) is 0 Å². The summed E-state index contributed by atoms with van der Waals surface area (Å²) in [7, 11) is 0. The third-order valence-electron chi connectivity index (χ3n) is 4.43. The molecule has 0 bridgehead atoms. The molecule has 0 spiro atoms. The first-order chi connectivity index (χ1) is 15.4. The molecule has 0 saturated carbocycles. The minimum Gasteiger partial charge on any atom is -0.342 e. The van der Waals surface area contributed by atoms with Crippen molar-refractivity contribution >= 4 is 17.7 Å². The standard InChI is InChI=1S/C22H21N3O7/c1-3-4-18(26)32-31-17-11-9-14(10-12-17)19(27)13(2)23-21(28)16-7-5-15(6-8-16)20-24-22(29)30-25-20/h5-13H,3-4H2,1-2H3,(H,23,28)(H,24,25,29). The van der Waals surface area contributed by atoms with Crippen molar-refractivity contribution in [2.24, 2.45) is 0 Å². The summed E-state index contributed by atoms with van der Waals surface area (Å²) in [6.07, 6.45) is 0.891. The Kier molecular flexibility index (Phi) is 7.17. The minimum atomic E-state index is -0.789. The Labute approximate surface area is 182 Å². The van der Waals surface area contributed by atoms with E-state index in [-0.39, 0.29) is 23.8 Å².